The minimum absolute atomic E-state index is 0.0722. The molecule has 0 aliphatic heterocycles. The maximum Gasteiger partial charge on any atom is 0.199 e. The predicted octanol–water partition coefficient (Wildman–Crippen LogP) is 2.80. The van der Waals surface area contributed by atoms with Gasteiger partial charge >= 0.3 is 0 Å². The second-order valence-corrected chi connectivity index (χ2v) is 4.14. The Morgan fingerprint density at radius 3 is 3.06 bits per heavy atom. The van der Waals surface area contributed by atoms with Gasteiger partial charge in [-0.25, -0.2) is 9.37 Å². The molecule has 1 aliphatic rings. The topological polar surface area (TPSA) is 43.1 Å². The average molecular weight is 219 g/mol. The lowest BCUT2D eigenvalue weighted by Gasteiger charge is -1.99. The van der Waals surface area contributed by atoms with Crippen LogP contribution in [0.2, 0.25) is 0 Å². The average Bonchev–Trinajstić information content (AvgIpc) is 2.83. The van der Waals surface area contributed by atoms with Crippen LogP contribution in [0.4, 0.5) is 4.39 Å². The van der Waals surface area contributed by atoms with E-state index in [1.165, 1.54) is 12.1 Å². The van der Waals surface area contributed by atoms with Crippen LogP contribution >= 0.6 is 0 Å². The molecular formula is C12H10FNO2. The molecule has 82 valence electrons. The number of carbonyl (C=O) groups excluding carboxylic acids is 1. The third kappa shape index (κ3) is 1.50. The number of halogens is 1. The van der Waals surface area contributed by atoms with E-state index >= 15 is 0 Å². The molecule has 3 rings (SSSR count). The summed E-state index contributed by atoms with van der Waals surface area (Å²) in [4.78, 5) is 15.5. The number of oxazole rings is 1. The summed E-state index contributed by atoms with van der Waals surface area (Å²) in [6.07, 6.45) is 1.88. The number of ketones is 1. The Bertz CT molecular complexity index is 561. The van der Waals surface area contributed by atoms with Gasteiger partial charge in [-0.2, -0.15) is 0 Å². The number of aromatic nitrogens is 1. The molecule has 16 heavy (non-hydrogen) atoms. The molecule has 0 radical (unpaired) electrons. The Morgan fingerprint density at radius 2 is 2.31 bits per heavy atom. The minimum atomic E-state index is -0.335. The molecule has 1 heterocycles. The molecule has 1 aromatic heterocycles. The smallest absolute Gasteiger partial charge is 0.199 e. The zero-order chi connectivity index (χ0) is 11.1. The molecule has 1 atom stereocenters. The lowest BCUT2D eigenvalue weighted by atomic mass is 10.1. The van der Waals surface area contributed by atoms with Crippen molar-refractivity contribution >= 4 is 16.9 Å². The van der Waals surface area contributed by atoms with Gasteiger partial charge in [-0.1, -0.05) is 0 Å². The van der Waals surface area contributed by atoms with Gasteiger partial charge in [0.15, 0.2) is 11.5 Å². The molecule has 0 bridgehead atoms. The fourth-order valence-corrected chi connectivity index (χ4v) is 2.12. The number of benzene rings is 1. The minimum Gasteiger partial charge on any atom is -0.440 e. The summed E-state index contributed by atoms with van der Waals surface area (Å²) in [7, 11) is 0. The van der Waals surface area contributed by atoms with Crippen molar-refractivity contribution in [2.75, 3.05) is 0 Å². The van der Waals surface area contributed by atoms with Gasteiger partial charge in [0.25, 0.3) is 0 Å². The molecule has 4 heteroatoms. The van der Waals surface area contributed by atoms with E-state index < -0.39 is 0 Å². The van der Waals surface area contributed by atoms with E-state index in [0.29, 0.717) is 29.8 Å². The molecule has 0 N–H and O–H groups in total. The second kappa shape index (κ2) is 3.40. The quantitative estimate of drug-likeness (QED) is 0.740. The number of hydrogen-bond acceptors (Lipinski definition) is 3. The zero-order valence-corrected chi connectivity index (χ0v) is 8.57. The predicted molar refractivity (Wildman–Crippen MR) is 55.6 cm³/mol. The van der Waals surface area contributed by atoms with Gasteiger partial charge in [-0.3, -0.25) is 4.79 Å². The number of fused-ring (bicyclic) bond motifs is 1. The zero-order valence-electron chi connectivity index (χ0n) is 8.57. The van der Waals surface area contributed by atoms with Crippen LogP contribution in [0.1, 0.15) is 31.1 Å². The van der Waals surface area contributed by atoms with Gasteiger partial charge in [0, 0.05) is 24.8 Å². The van der Waals surface area contributed by atoms with Gasteiger partial charge in [-0.05, 0) is 18.6 Å². The van der Waals surface area contributed by atoms with E-state index in [0.717, 1.165) is 6.42 Å². The highest BCUT2D eigenvalue weighted by molar-refractivity contribution is 5.81. The first-order valence-corrected chi connectivity index (χ1v) is 5.30. The van der Waals surface area contributed by atoms with Crippen molar-refractivity contribution in [2.45, 2.75) is 25.2 Å². The van der Waals surface area contributed by atoms with Crippen molar-refractivity contribution in [1.82, 2.24) is 4.98 Å². The summed E-state index contributed by atoms with van der Waals surface area (Å²) < 4.78 is 18.4. The highest BCUT2D eigenvalue weighted by Crippen LogP contribution is 2.33. The first-order chi connectivity index (χ1) is 7.72. The standard InChI is InChI=1S/C12H10FNO2/c13-8-2-4-10-11(6-8)16-12(14-10)7-1-3-9(15)5-7/h2,4,6-7H,1,3,5H2/t7-/m1/s1. The van der Waals surface area contributed by atoms with Crippen molar-refractivity contribution in [3.63, 3.8) is 0 Å². The summed E-state index contributed by atoms with van der Waals surface area (Å²) >= 11 is 0. The molecule has 0 saturated heterocycles. The van der Waals surface area contributed by atoms with Crippen LogP contribution in [-0.2, 0) is 4.79 Å². The molecule has 1 fully saturated rings. The summed E-state index contributed by atoms with van der Waals surface area (Å²) in [5.41, 5.74) is 1.10. The molecule has 2 aromatic rings. The monoisotopic (exact) mass is 219 g/mol. The van der Waals surface area contributed by atoms with Crippen LogP contribution in [0, 0.1) is 5.82 Å². The van der Waals surface area contributed by atoms with Crippen LogP contribution in [-0.4, -0.2) is 10.8 Å². The van der Waals surface area contributed by atoms with Gasteiger partial charge in [0.1, 0.15) is 17.1 Å². The van der Waals surface area contributed by atoms with E-state index in [4.69, 9.17) is 4.42 Å². The van der Waals surface area contributed by atoms with E-state index in [2.05, 4.69) is 4.98 Å². The largest absolute Gasteiger partial charge is 0.440 e. The van der Waals surface area contributed by atoms with Crippen LogP contribution < -0.4 is 0 Å². The van der Waals surface area contributed by atoms with E-state index in [-0.39, 0.29) is 17.5 Å². The van der Waals surface area contributed by atoms with E-state index in [1.807, 2.05) is 0 Å². The van der Waals surface area contributed by atoms with Crippen LogP contribution in [0.5, 0.6) is 0 Å². The van der Waals surface area contributed by atoms with Gasteiger partial charge < -0.3 is 4.42 Å². The number of nitrogens with zero attached hydrogens (tertiary/aromatic N) is 1. The third-order valence-electron chi connectivity index (χ3n) is 2.96. The van der Waals surface area contributed by atoms with Crippen molar-refractivity contribution < 1.29 is 13.6 Å². The normalized spacial score (nSPS) is 20.8. The van der Waals surface area contributed by atoms with E-state index in [9.17, 15) is 9.18 Å². The van der Waals surface area contributed by atoms with Crippen LogP contribution in [0.15, 0.2) is 22.6 Å². The Hall–Kier alpha value is -1.71. The number of rotatable bonds is 1. The van der Waals surface area contributed by atoms with Crippen molar-refractivity contribution in [3.8, 4) is 0 Å². The third-order valence-corrected chi connectivity index (χ3v) is 2.96. The van der Waals surface area contributed by atoms with Gasteiger partial charge in [-0.15, -0.1) is 0 Å². The molecule has 0 spiro atoms. The Balaban J connectivity index is 2.02. The summed E-state index contributed by atoms with van der Waals surface area (Å²) in [6, 6.07) is 4.27. The summed E-state index contributed by atoms with van der Waals surface area (Å²) in [5, 5.41) is 0. The maximum atomic E-state index is 12.9. The van der Waals surface area contributed by atoms with Gasteiger partial charge in [0.05, 0.1) is 0 Å². The van der Waals surface area contributed by atoms with Crippen LogP contribution in [0.25, 0.3) is 11.1 Å². The molecule has 0 amide bonds. The maximum absolute atomic E-state index is 12.9. The summed E-state index contributed by atoms with van der Waals surface area (Å²) in [6.45, 7) is 0. The first-order valence-electron chi connectivity index (χ1n) is 5.30. The molecule has 3 nitrogen and oxygen atoms in total. The van der Waals surface area contributed by atoms with Crippen molar-refractivity contribution in [1.29, 1.82) is 0 Å². The van der Waals surface area contributed by atoms with Crippen LogP contribution in [0.3, 0.4) is 0 Å². The number of Topliss-reactive ketones (excluding diaryl/α,β-unsaturated/α-hetero) is 1. The highest BCUT2D eigenvalue weighted by Gasteiger charge is 2.27. The van der Waals surface area contributed by atoms with Crippen molar-refractivity contribution in [2.24, 2.45) is 0 Å². The Labute approximate surface area is 91.3 Å². The Morgan fingerprint density at radius 1 is 1.44 bits per heavy atom. The Kier molecular flexibility index (Phi) is 2.02. The van der Waals surface area contributed by atoms with E-state index in [1.54, 1.807) is 6.07 Å². The first kappa shape index (κ1) is 9.51. The summed E-state index contributed by atoms with van der Waals surface area (Å²) in [5.74, 6) is 0.547. The molecule has 1 aromatic carbocycles. The second-order valence-electron chi connectivity index (χ2n) is 4.14. The number of hydrogen-bond donors (Lipinski definition) is 0. The highest BCUT2D eigenvalue weighted by atomic mass is 19.1. The lowest BCUT2D eigenvalue weighted by Crippen LogP contribution is -1.93. The number of carbonyl (C=O) groups is 1. The molecule has 1 saturated carbocycles. The van der Waals surface area contributed by atoms with Crippen molar-refractivity contribution in [3.05, 3.63) is 29.9 Å². The molecule has 1 aliphatic carbocycles. The molecular weight excluding hydrogens is 209 g/mol. The SMILES string of the molecule is O=C1CC[C@@H](c2nc3ccc(F)cc3o2)C1. The molecule has 0 unspecified atom stereocenters. The lowest BCUT2D eigenvalue weighted by molar-refractivity contribution is -0.117. The van der Waals surface area contributed by atoms with Gasteiger partial charge in [0.2, 0.25) is 0 Å². The fraction of sp³-hybridized carbons (Fsp3) is 0.333. The fourth-order valence-electron chi connectivity index (χ4n) is 2.12.